The lowest BCUT2D eigenvalue weighted by molar-refractivity contribution is -0.148. The molecule has 0 saturated heterocycles. The van der Waals surface area contributed by atoms with Crippen molar-refractivity contribution in [1.29, 1.82) is 0 Å². The standard InChI is InChI=1S/C25H24O5/c1-18-12-20(17-30-25(28)11-10-24(26)27)14-22(13-18)21-8-5-9-23(15-21)29-16-19-6-3-2-4-7-19/h2-9,12-15H,10-11,16-17H2,1H3,(H,26,27). The zero-order chi connectivity index (χ0) is 21.3. The van der Waals surface area contributed by atoms with Crippen LogP contribution in [0.2, 0.25) is 0 Å². The van der Waals surface area contributed by atoms with Gasteiger partial charge in [0.15, 0.2) is 0 Å². The first-order chi connectivity index (χ1) is 14.5. The van der Waals surface area contributed by atoms with E-state index in [9.17, 15) is 9.59 Å². The number of hydrogen-bond acceptors (Lipinski definition) is 4. The van der Waals surface area contributed by atoms with Crippen LogP contribution in [0.15, 0.2) is 72.8 Å². The summed E-state index contributed by atoms with van der Waals surface area (Å²) >= 11 is 0. The Morgan fingerprint density at radius 2 is 1.60 bits per heavy atom. The van der Waals surface area contributed by atoms with Crippen LogP contribution in [0.5, 0.6) is 5.75 Å². The molecule has 0 bridgehead atoms. The second-order valence-electron chi connectivity index (χ2n) is 7.06. The molecule has 0 aliphatic heterocycles. The van der Waals surface area contributed by atoms with Crippen molar-refractivity contribution in [2.24, 2.45) is 0 Å². The molecule has 5 heteroatoms. The van der Waals surface area contributed by atoms with Gasteiger partial charge in [-0.25, -0.2) is 0 Å². The zero-order valence-electron chi connectivity index (χ0n) is 16.8. The Morgan fingerprint density at radius 3 is 2.37 bits per heavy atom. The van der Waals surface area contributed by atoms with E-state index in [0.29, 0.717) is 6.61 Å². The second-order valence-corrected chi connectivity index (χ2v) is 7.06. The number of rotatable bonds is 9. The fraction of sp³-hybridized carbons (Fsp3) is 0.200. The van der Waals surface area contributed by atoms with E-state index in [-0.39, 0.29) is 19.4 Å². The molecule has 154 valence electrons. The lowest BCUT2D eigenvalue weighted by atomic mass is 10.0. The first-order valence-electron chi connectivity index (χ1n) is 9.75. The number of carboxylic acid groups (broad SMARTS) is 1. The number of aliphatic carboxylic acids is 1. The molecule has 3 aromatic rings. The van der Waals surface area contributed by atoms with Gasteiger partial charge in [0.25, 0.3) is 0 Å². The van der Waals surface area contributed by atoms with Crippen molar-refractivity contribution in [3.8, 4) is 16.9 Å². The molecule has 1 N–H and O–H groups in total. The SMILES string of the molecule is Cc1cc(COC(=O)CCC(=O)O)cc(-c2cccc(OCc3ccccc3)c2)c1. The summed E-state index contributed by atoms with van der Waals surface area (Å²) in [5, 5.41) is 8.65. The van der Waals surface area contributed by atoms with E-state index in [0.717, 1.165) is 33.6 Å². The van der Waals surface area contributed by atoms with Gasteiger partial charge in [-0.3, -0.25) is 9.59 Å². The summed E-state index contributed by atoms with van der Waals surface area (Å²) in [6, 6.07) is 23.8. The highest BCUT2D eigenvalue weighted by atomic mass is 16.5. The molecule has 0 atom stereocenters. The van der Waals surface area contributed by atoms with Crippen LogP contribution in [0, 0.1) is 6.92 Å². The molecule has 0 aliphatic rings. The van der Waals surface area contributed by atoms with Gasteiger partial charge in [-0.05, 0) is 47.4 Å². The lowest BCUT2D eigenvalue weighted by Gasteiger charge is -2.11. The quantitative estimate of drug-likeness (QED) is 0.500. The first kappa shape index (κ1) is 21.1. The third-order valence-corrected chi connectivity index (χ3v) is 4.50. The second kappa shape index (κ2) is 10.3. The number of carbonyl (C=O) groups is 2. The summed E-state index contributed by atoms with van der Waals surface area (Å²) < 4.78 is 11.1. The average Bonchev–Trinajstić information content (AvgIpc) is 2.75. The number of ether oxygens (including phenoxy) is 2. The number of hydrogen-bond donors (Lipinski definition) is 1. The van der Waals surface area contributed by atoms with Gasteiger partial charge in [-0.2, -0.15) is 0 Å². The number of carbonyl (C=O) groups excluding carboxylic acids is 1. The normalized spacial score (nSPS) is 10.4. The molecule has 0 saturated carbocycles. The van der Waals surface area contributed by atoms with Gasteiger partial charge in [0.2, 0.25) is 0 Å². The van der Waals surface area contributed by atoms with Crippen molar-refractivity contribution in [3.05, 3.63) is 89.5 Å². The van der Waals surface area contributed by atoms with Gasteiger partial charge < -0.3 is 14.6 Å². The topological polar surface area (TPSA) is 72.8 Å². The number of esters is 1. The average molecular weight is 404 g/mol. The Labute approximate surface area is 175 Å². The maximum Gasteiger partial charge on any atom is 0.306 e. The van der Waals surface area contributed by atoms with Crippen molar-refractivity contribution in [2.75, 3.05) is 0 Å². The van der Waals surface area contributed by atoms with Crippen LogP contribution in [0.3, 0.4) is 0 Å². The molecule has 0 amide bonds. The van der Waals surface area contributed by atoms with E-state index in [1.165, 1.54) is 0 Å². The van der Waals surface area contributed by atoms with Crippen molar-refractivity contribution >= 4 is 11.9 Å². The Balaban J connectivity index is 1.68. The zero-order valence-corrected chi connectivity index (χ0v) is 16.8. The van der Waals surface area contributed by atoms with E-state index in [4.69, 9.17) is 14.6 Å². The molecule has 0 fully saturated rings. The Kier molecular flexibility index (Phi) is 7.22. The van der Waals surface area contributed by atoms with Gasteiger partial charge in [0.1, 0.15) is 19.0 Å². The molecule has 0 aromatic heterocycles. The number of aryl methyl sites for hydroxylation is 1. The molecule has 3 aromatic carbocycles. The van der Waals surface area contributed by atoms with Crippen LogP contribution in [-0.2, 0) is 27.5 Å². The highest BCUT2D eigenvalue weighted by Crippen LogP contribution is 2.27. The smallest absolute Gasteiger partial charge is 0.306 e. The van der Waals surface area contributed by atoms with Crippen LogP contribution < -0.4 is 4.74 Å². The monoisotopic (exact) mass is 404 g/mol. The largest absolute Gasteiger partial charge is 0.489 e. The fourth-order valence-electron chi connectivity index (χ4n) is 3.06. The van der Waals surface area contributed by atoms with E-state index < -0.39 is 11.9 Å². The minimum Gasteiger partial charge on any atom is -0.489 e. The molecule has 3 rings (SSSR count). The molecule has 5 nitrogen and oxygen atoms in total. The van der Waals surface area contributed by atoms with Gasteiger partial charge in [-0.1, -0.05) is 60.2 Å². The van der Waals surface area contributed by atoms with Gasteiger partial charge in [0, 0.05) is 0 Å². The van der Waals surface area contributed by atoms with Gasteiger partial charge in [0.05, 0.1) is 12.8 Å². The molecule has 0 spiro atoms. The fourth-order valence-corrected chi connectivity index (χ4v) is 3.06. The van der Waals surface area contributed by atoms with Crippen LogP contribution in [-0.4, -0.2) is 17.0 Å². The minimum atomic E-state index is -1.01. The molecule has 0 unspecified atom stereocenters. The molecular formula is C25H24O5. The molecule has 30 heavy (non-hydrogen) atoms. The summed E-state index contributed by atoms with van der Waals surface area (Å²) in [6.07, 6.45) is -0.359. The first-order valence-corrected chi connectivity index (χ1v) is 9.75. The molecule has 0 aliphatic carbocycles. The van der Waals surface area contributed by atoms with Crippen molar-refractivity contribution in [1.82, 2.24) is 0 Å². The van der Waals surface area contributed by atoms with Gasteiger partial charge >= 0.3 is 11.9 Å². The number of carboxylic acids is 1. The molecule has 0 heterocycles. The van der Waals surface area contributed by atoms with Crippen LogP contribution in [0.25, 0.3) is 11.1 Å². The van der Waals surface area contributed by atoms with Crippen LogP contribution in [0.4, 0.5) is 0 Å². The van der Waals surface area contributed by atoms with E-state index >= 15 is 0 Å². The highest BCUT2D eigenvalue weighted by Gasteiger charge is 2.09. The Bertz CT molecular complexity index is 1010. The molecular weight excluding hydrogens is 380 g/mol. The van der Waals surface area contributed by atoms with Crippen molar-refractivity contribution in [2.45, 2.75) is 33.0 Å². The summed E-state index contributed by atoms with van der Waals surface area (Å²) in [7, 11) is 0. The predicted octanol–water partition coefficient (Wildman–Crippen LogP) is 5.15. The van der Waals surface area contributed by atoms with Crippen molar-refractivity contribution < 1.29 is 24.2 Å². The van der Waals surface area contributed by atoms with E-state index in [1.54, 1.807) is 0 Å². The summed E-state index contributed by atoms with van der Waals surface area (Å²) in [4.78, 5) is 22.3. The van der Waals surface area contributed by atoms with E-state index in [2.05, 4.69) is 6.07 Å². The van der Waals surface area contributed by atoms with Gasteiger partial charge in [-0.15, -0.1) is 0 Å². The van der Waals surface area contributed by atoms with Crippen LogP contribution in [0.1, 0.15) is 29.5 Å². The van der Waals surface area contributed by atoms with E-state index in [1.807, 2.05) is 73.7 Å². The number of benzene rings is 3. The third-order valence-electron chi connectivity index (χ3n) is 4.50. The third kappa shape index (κ3) is 6.48. The maximum absolute atomic E-state index is 11.7. The summed E-state index contributed by atoms with van der Waals surface area (Å²) in [6.45, 7) is 2.59. The Morgan fingerprint density at radius 1 is 0.800 bits per heavy atom. The minimum absolute atomic E-state index is 0.108. The summed E-state index contributed by atoms with van der Waals surface area (Å²) in [5.74, 6) is -0.754. The van der Waals surface area contributed by atoms with Crippen LogP contribution >= 0.6 is 0 Å². The predicted molar refractivity (Wildman–Crippen MR) is 114 cm³/mol. The lowest BCUT2D eigenvalue weighted by Crippen LogP contribution is -2.07. The summed E-state index contributed by atoms with van der Waals surface area (Å²) in [5.41, 5.74) is 4.99. The van der Waals surface area contributed by atoms with Crippen molar-refractivity contribution in [3.63, 3.8) is 0 Å². The maximum atomic E-state index is 11.7. The molecule has 0 radical (unpaired) electrons. The Hall–Kier alpha value is -3.60. The highest BCUT2D eigenvalue weighted by molar-refractivity contribution is 5.76.